The number of aromatic nitrogens is 2. The molecule has 2 aromatic carbocycles. The number of hydrazine groups is 1. The van der Waals surface area contributed by atoms with Crippen molar-refractivity contribution in [3.8, 4) is 5.69 Å². The van der Waals surface area contributed by atoms with Gasteiger partial charge in [-0.05, 0) is 48.4 Å². The zero-order valence-corrected chi connectivity index (χ0v) is 20.7. The molecule has 0 saturated heterocycles. The molecule has 0 unspecified atom stereocenters. The van der Waals surface area contributed by atoms with E-state index in [4.69, 9.17) is 4.74 Å². The number of benzene rings is 2. The van der Waals surface area contributed by atoms with Crippen molar-refractivity contribution >= 4 is 17.8 Å². The highest BCUT2D eigenvalue weighted by Crippen LogP contribution is 2.12. The van der Waals surface area contributed by atoms with Gasteiger partial charge in [0, 0.05) is 18.4 Å². The summed E-state index contributed by atoms with van der Waals surface area (Å²) in [6.07, 6.45) is 9.06. The Bertz CT molecular complexity index is 1140. The number of esters is 1. The maximum absolute atomic E-state index is 12.4. The van der Waals surface area contributed by atoms with Gasteiger partial charge >= 0.3 is 5.97 Å². The van der Waals surface area contributed by atoms with E-state index in [0.29, 0.717) is 12.2 Å². The largest absolute Gasteiger partial charge is 0.465 e. The fourth-order valence-electron chi connectivity index (χ4n) is 3.46. The number of carbonyl (C=O) groups is 3. The molecule has 3 aromatic rings. The van der Waals surface area contributed by atoms with Gasteiger partial charge in [-0.15, -0.1) is 0 Å². The zero-order valence-electron chi connectivity index (χ0n) is 20.7. The molecular weight excluding hydrogens is 460 g/mol. The number of nitrogens with one attached hydrogen (secondary N) is 2. The average Bonchev–Trinajstić information content (AvgIpc) is 3.41. The number of ether oxygens (including phenoxy) is 2. The molecule has 1 heterocycles. The minimum absolute atomic E-state index is 0.277. The molecule has 36 heavy (non-hydrogen) atoms. The number of amides is 2. The molecule has 0 aliphatic heterocycles. The summed E-state index contributed by atoms with van der Waals surface area (Å²) < 4.78 is 12.0. The Morgan fingerprint density at radius 2 is 1.47 bits per heavy atom. The van der Waals surface area contributed by atoms with Crippen molar-refractivity contribution in [2.24, 2.45) is 0 Å². The Balaban J connectivity index is 1.46. The van der Waals surface area contributed by atoms with E-state index in [2.05, 4.69) is 27.6 Å². The lowest BCUT2D eigenvalue weighted by atomic mass is 10.1. The van der Waals surface area contributed by atoms with Gasteiger partial charge in [0.05, 0.1) is 36.7 Å². The van der Waals surface area contributed by atoms with Crippen molar-refractivity contribution in [2.45, 2.75) is 45.6 Å². The van der Waals surface area contributed by atoms with Crippen LogP contribution in [-0.2, 0) is 16.1 Å². The van der Waals surface area contributed by atoms with Crippen molar-refractivity contribution < 1.29 is 23.9 Å². The predicted octanol–water partition coefficient (Wildman–Crippen LogP) is 4.22. The number of methoxy groups -OCH3 is 1. The Labute approximate surface area is 210 Å². The van der Waals surface area contributed by atoms with Gasteiger partial charge in [0.2, 0.25) is 0 Å². The lowest BCUT2D eigenvalue weighted by molar-refractivity contribution is 0.0600. The lowest BCUT2D eigenvalue weighted by Gasteiger charge is -2.07. The van der Waals surface area contributed by atoms with Crippen molar-refractivity contribution in [1.82, 2.24) is 20.6 Å². The molecule has 2 amide bonds. The fourth-order valence-corrected chi connectivity index (χ4v) is 3.46. The minimum Gasteiger partial charge on any atom is -0.465 e. The third-order valence-electron chi connectivity index (χ3n) is 5.56. The molecule has 0 aliphatic carbocycles. The number of hydrogen-bond acceptors (Lipinski definition) is 6. The van der Waals surface area contributed by atoms with E-state index in [1.54, 1.807) is 10.9 Å². The second-order valence-corrected chi connectivity index (χ2v) is 8.28. The van der Waals surface area contributed by atoms with Crippen molar-refractivity contribution in [3.63, 3.8) is 0 Å². The summed E-state index contributed by atoms with van der Waals surface area (Å²) in [7, 11) is 1.28. The molecule has 0 bridgehead atoms. The second-order valence-electron chi connectivity index (χ2n) is 8.28. The highest BCUT2D eigenvalue weighted by atomic mass is 16.5. The second kappa shape index (κ2) is 13.8. The predicted molar refractivity (Wildman–Crippen MR) is 135 cm³/mol. The molecule has 9 heteroatoms. The third kappa shape index (κ3) is 7.78. The molecule has 0 spiro atoms. The minimum atomic E-state index is -0.522. The third-order valence-corrected chi connectivity index (χ3v) is 5.56. The quantitative estimate of drug-likeness (QED) is 0.222. The molecule has 2 N–H and O–H groups in total. The normalized spacial score (nSPS) is 10.6. The average molecular weight is 493 g/mol. The first kappa shape index (κ1) is 26.6. The highest BCUT2D eigenvalue weighted by Gasteiger charge is 2.13. The molecule has 1 aromatic heterocycles. The molecule has 3 rings (SSSR count). The van der Waals surface area contributed by atoms with Gasteiger partial charge in [0.1, 0.15) is 0 Å². The number of unbranched alkanes of at least 4 members (excludes halogenated alkanes) is 4. The van der Waals surface area contributed by atoms with Crippen LogP contribution >= 0.6 is 0 Å². The molecule has 9 nitrogen and oxygen atoms in total. The van der Waals surface area contributed by atoms with Gasteiger partial charge in [0.25, 0.3) is 11.8 Å². The first-order valence-corrected chi connectivity index (χ1v) is 12.0. The van der Waals surface area contributed by atoms with E-state index in [9.17, 15) is 14.4 Å². The Hall–Kier alpha value is -3.98. The number of nitrogens with zero attached hydrogens (tertiary/aromatic N) is 2. The Morgan fingerprint density at radius 3 is 2.14 bits per heavy atom. The standard InChI is InChI=1S/C27H32N4O5/c1-3-4-5-6-7-16-36-19-20-8-14-24(15-9-20)31-18-23(17-28-31)26(33)30-29-25(32)21-10-12-22(13-11-21)27(34)35-2/h8-15,17-18H,3-7,16,19H2,1-2H3,(H,29,32)(H,30,33). The van der Waals surface area contributed by atoms with Gasteiger partial charge in [-0.1, -0.05) is 44.7 Å². The van der Waals surface area contributed by atoms with E-state index in [-0.39, 0.29) is 11.1 Å². The fraction of sp³-hybridized carbons (Fsp3) is 0.333. The van der Waals surface area contributed by atoms with Crippen LogP contribution in [0.2, 0.25) is 0 Å². The first-order chi connectivity index (χ1) is 17.5. The number of rotatable bonds is 12. The van der Waals surface area contributed by atoms with Gasteiger partial charge < -0.3 is 9.47 Å². The van der Waals surface area contributed by atoms with Crippen molar-refractivity contribution in [1.29, 1.82) is 0 Å². The highest BCUT2D eigenvalue weighted by molar-refractivity contribution is 5.99. The summed E-state index contributed by atoms with van der Waals surface area (Å²) >= 11 is 0. The van der Waals surface area contributed by atoms with Gasteiger partial charge in [-0.3, -0.25) is 20.4 Å². The van der Waals surface area contributed by atoms with E-state index in [0.717, 1.165) is 24.3 Å². The van der Waals surface area contributed by atoms with Crippen LogP contribution in [0.25, 0.3) is 5.69 Å². The van der Waals surface area contributed by atoms with Crippen LogP contribution in [0.5, 0.6) is 0 Å². The maximum Gasteiger partial charge on any atom is 0.337 e. The Morgan fingerprint density at radius 1 is 0.833 bits per heavy atom. The molecule has 0 radical (unpaired) electrons. The van der Waals surface area contributed by atoms with Crippen LogP contribution in [0.15, 0.2) is 60.9 Å². The monoisotopic (exact) mass is 492 g/mol. The zero-order chi connectivity index (χ0) is 25.8. The molecule has 190 valence electrons. The summed E-state index contributed by atoms with van der Waals surface area (Å²) in [6.45, 7) is 3.53. The first-order valence-electron chi connectivity index (χ1n) is 12.0. The molecule has 0 saturated carbocycles. The van der Waals surface area contributed by atoms with Crippen LogP contribution in [0, 0.1) is 0 Å². The van der Waals surface area contributed by atoms with E-state index >= 15 is 0 Å². The van der Waals surface area contributed by atoms with E-state index in [1.807, 2.05) is 24.3 Å². The lowest BCUT2D eigenvalue weighted by Crippen LogP contribution is -2.41. The van der Waals surface area contributed by atoms with Crippen molar-refractivity contribution in [2.75, 3.05) is 13.7 Å². The Kier molecular flexibility index (Phi) is 10.2. The SMILES string of the molecule is CCCCCCCOCc1ccc(-n2cc(C(=O)NNC(=O)c3ccc(C(=O)OC)cc3)cn2)cc1. The van der Waals surface area contributed by atoms with Crippen molar-refractivity contribution in [3.05, 3.63) is 83.2 Å². The summed E-state index contributed by atoms with van der Waals surface area (Å²) in [6, 6.07) is 13.6. The summed E-state index contributed by atoms with van der Waals surface area (Å²) in [4.78, 5) is 36.2. The molecule has 0 atom stereocenters. The summed E-state index contributed by atoms with van der Waals surface area (Å²) in [5.41, 5.74) is 7.47. The van der Waals surface area contributed by atoms with E-state index in [1.165, 1.54) is 63.3 Å². The molecule has 0 aliphatic rings. The van der Waals surface area contributed by atoms with Gasteiger partial charge in [-0.2, -0.15) is 5.10 Å². The van der Waals surface area contributed by atoms with Crippen LogP contribution in [0.1, 0.15) is 75.7 Å². The van der Waals surface area contributed by atoms with Crippen LogP contribution in [-0.4, -0.2) is 41.3 Å². The summed E-state index contributed by atoms with van der Waals surface area (Å²) in [5.74, 6) is -1.53. The number of carbonyl (C=O) groups excluding carboxylic acids is 3. The van der Waals surface area contributed by atoms with E-state index < -0.39 is 17.8 Å². The maximum atomic E-state index is 12.4. The van der Waals surface area contributed by atoms with Crippen LogP contribution in [0.4, 0.5) is 0 Å². The topological polar surface area (TPSA) is 112 Å². The van der Waals surface area contributed by atoms with Crippen LogP contribution in [0.3, 0.4) is 0 Å². The van der Waals surface area contributed by atoms with Gasteiger partial charge in [0.15, 0.2) is 0 Å². The molecular formula is C27H32N4O5. The molecule has 0 fully saturated rings. The smallest absolute Gasteiger partial charge is 0.337 e. The summed E-state index contributed by atoms with van der Waals surface area (Å²) in [5, 5.41) is 4.24. The van der Waals surface area contributed by atoms with Crippen LogP contribution < -0.4 is 10.9 Å². The number of hydrogen-bond donors (Lipinski definition) is 2. The van der Waals surface area contributed by atoms with Gasteiger partial charge in [-0.25, -0.2) is 9.48 Å².